The first-order chi connectivity index (χ1) is 15.1. The van der Waals surface area contributed by atoms with Crippen molar-refractivity contribution in [2.24, 2.45) is 5.41 Å². The molecule has 0 aromatic heterocycles. The number of methoxy groups -OCH3 is 1. The zero-order chi connectivity index (χ0) is 23.8. The van der Waals surface area contributed by atoms with Crippen molar-refractivity contribution in [3.05, 3.63) is 35.9 Å². The van der Waals surface area contributed by atoms with Crippen molar-refractivity contribution >= 4 is 25.6 Å². The summed E-state index contributed by atoms with van der Waals surface area (Å²) in [5, 5.41) is 5.10. The van der Waals surface area contributed by atoms with E-state index < -0.39 is 43.2 Å². The molecule has 2 rings (SSSR count). The number of nitrogens with one attached hydrogen (secondary N) is 2. The maximum absolute atomic E-state index is 13.1. The van der Waals surface area contributed by atoms with Gasteiger partial charge >= 0.3 is 19.7 Å². The molecule has 1 amide bonds. The van der Waals surface area contributed by atoms with Crippen molar-refractivity contribution in [2.45, 2.75) is 45.8 Å². The highest BCUT2D eigenvalue weighted by Crippen LogP contribution is 2.53. The molecule has 0 bridgehead atoms. The molecule has 32 heavy (non-hydrogen) atoms. The second-order valence-corrected chi connectivity index (χ2v) is 9.84. The Labute approximate surface area is 187 Å². The zero-order valence-electron chi connectivity index (χ0n) is 18.8. The monoisotopic (exact) mass is 470 g/mol. The van der Waals surface area contributed by atoms with Crippen LogP contribution in [0, 0.1) is 5.41 Å². The molecule has 1 aliphatic rings. The molecule has 1 saturated heterocycles. The largest absolute Gasteiger partial charge is 0.469 e. The number of rotatable bonds is 10. The minimum Gasteiger partial charge on any atom is -0.469 e. The molecular weight excluding hydrogens is 439 g/mol. The third-order valence-corrected chi connectivity index (χ3v) is 6.50. The Kier molecular flexibility index (Phi) is 9.39. The number of esters is 2. The fourth-order valence-electron chi connectivity index (χ4n) is 2.92. The number of hydrogen-bond acceptors (Lipinski definition) is 8. The van der Waals surface area contributed by atoms with Crippen LogP contribution in [0.3, 0.4) is 0 Å². The van der Waals surface area contributed by atoms with Crippen LogP contribution in [0.15, 0.2) is 30.3 Å². The van der Waals surface area contributed by atoms with Gasteiger partial charge in [-0.15, -0.1) is 0 Å². The van der Waals surface area contributed by atoms with E-state index in [2.05, 4.69) is 15.1 Å². The van der Waals surface area contributed by atoms with Gasteiger partial charge in [-0.3, -0.25) is 23.4 Å². The lowest BCUT2D eigenvalue weighted by atomic mass is 9.87. The second kappa shape index (κ2) is 11.6. The number of carbonyl (C=O) groups is 3. The third-order valence-electron chi connectivity index (χ3n) is 4.84. The summed E-state index contributed by atoms with van der Waals surface area (Å²) in [6.45, 7) is 5.10. The van der Waals surface area contributed by atoms with Gasteiger partial charge in [0.25, 0.3) is 0 Å². The van der Waals surface area contributed by atoms with Gasteiger partial charge in [0.05, 0.1) is 26.7 Å². The van der Waals surface area contributed by atoms with E-state index in [1.165, 1.54) is 14.0 Å². The highest BCUT2D eigenvalue weighted by molar-refractivity contribution is 7.51. The van der Waals surface area contributed by atoms with E-state index in [1.807, 2.05) is 30.3 Å². The van der Waals surface area contributed by atoms with Crippen LogP contribution in [0.4, 0.5) is 0 Å². The van der Waals surface area contributed by atoms with Gasteiger partial charge in [-0.1, -0.05) is 44.2 Å². The Hall–Kier alpha value is -2.26. The summed E-state index contributed by atoms with van der Waals surface area (Å²) in [4.78, 5) is 36.1. The molecular formula is C21H31N2O8P. The molecule has 11 heteroatoms. The molecule has 1 aromatic rings. The van der Waals surface area contributed by atoms with Crippen molar-refractivity contribution in [1.82, 2.24) is 10.4 Å². The average Bonchev–Trinajstić information content (AvgIpc) is 2.76. The van der Waals surface area contributed by atoms with E-state index in [4.69, 9.17) is 13.8 Å². The Balaban J connectivity index is 1.89. The van der Waals surface area contributed by atoms with Gasteiger partial charge in [-0.25, -0.2) is 9.65 Å². The highest BCUT2D eigenvalue weighted by Gasteiger charge is 2.48. The molecule has 2 unspecified atom stereocenters. The van der Waals surface area contributed by atoms with Crippen LogP contribution in [0.1, 0.15) is 32.8 Å². The Morgan fingerprint density at radius 3 is 2.59 bits per heavy atom. The minimum atomic E-state index is -3.96. The van der Waals surface area contributed by atoms with E-state index in [-0.39, 0.29) is 26.2 Å². The van der Waals surface area contributed by atoms with Crippen LogP contribution in [-0.4, -0.2) is 56.9 Å². The topological polar surface area (TPSA) is 129 Å². The summed E-state index contributed by atoms with van der Waals surface area (Å²) in [6.07, 6.45) is -0.576. The molecule has 1 fully saturated rings. The maximum Gasteiger partial charge on any atom is 0.407 e. The van der Waals surface area contributed by atoms with E-state index in [0.29, 0.717) is 6.42 Å². The number of benzene rings is 1. The van der Waals surface area contributed by atoms with Crippen LogP contribution in [-0.2, 0) is 43.9 Å². The molecule has 1 aromatic carbocycles. The smallest absolute Gasteiger partial charge is 0.407 e. The van der Waals surface area contributed by atoms with Crippen LogP contribution in [0.5, 0.6) is 0 Å². The summed E-state index contributed by atoms with van der Waals surface area (Å²) < 4.78 is 33.7. The van der Waals surface area contributed by atoms with Crippen LogP contribution < -0.4 is 10.4 Å². The number of hydrogen-bond donors (Lipinski definition) is 2. The van der Waals surface area contributed by atoms with Gasteiger partial charge in [0.15, 0.2) is 6.10 Å². The van der Waals surface area contributed by atoms with Crippen molar-refractivity contribution in [3.63, 3.8) is 0 Å². The zero-order valence-corrected chi connectivity index (χ0v) is 19.7. The van der Waals surface area contributed by atoms with E-state index in [9.17, 15) is 18.9 Å². The predicted molar refractivity (Wildman–Crippen MR) is 116 cm³/mol. The van der Waals surface area contributed by atoms with Crippen LogP contribution in [0.25, 0.3) is 0 Å². The SMILES string of the molecule is COC(=O)CCNC(=O)[C@@H]1OP(=O)(NC(C)C(=O)OCCc2ccccc2)OCC1(C)C. The first-order valence-electron chi connectivity index (χ1n) is 10.3. The quantitative estimate of drug-likeness (QED) is 0.389. The van der Waals surface area contributed by atoms with Gasteiger partial charge in [-0.2, -0.15) is 0 Å². The second-order valence-electron chi connectivity index (χ2n) is 8.12. The Morgan fingerprint density at radius 1 is 1.25 bits per heavy atom. The fraction of sp³-hybridized carbons (Fsp3) is 0.571. The fourth-order valence-corrected chi connectivity index (χ4v) is 4.86. The lowest BCUT2D eigenvalue weighted by molar-refractivity contribution is -0.145. The molecule has 10 nitrogen and oxygen atoms in total. The summed E-state index contributed by atoms with van der Waals surface area (Å²) >= 11 is 0. The van der Waals surface area contributed by atoms with E-state index in [1.54, 1.807) is 13.8 Å². The van der Waals surface area contributed by atoms with Crippen molar-refractivity contribution < 1.29 is 37.5 Å². The van der Waals surface area contributed by atoms with Gasteiger partial charge < -0.3 is 14.8 Å². The minimum absolute atomic E-state index is 0.00629. The lowest BCUT2D eigenvalue weighted by Gasteiger charge is -2.40. The number of amides is 1. The molecule has 0 aliphatic carbocycles. The number of carbonyl (C=O) groups excluding carboxylic acids is 3. The van der Waals surface area contributed by atoms with Gasteiger partial charge in [-0.05, 0) is 12.5 Å². The molecule has 0 spiro atoms. The third kappa shape index (κ3) is 7.70. The lowest BCUT2D eigenvalue weighted by Crippen LogP contribution is -2.51. The summed E-state index contributed by atoms with van der Waals surface area (Å²) in [5.41, 5.74) is 0.237. The van der Waals surface area contributed by atoms with E-state index >= 15 is 0 Å². The summed E-state index contributed by atoms with van der Waals surface area (Å²) in [7, 11) is -2.71. The normalized spacial score (nSPS) is 23.1. The van der Waals surface area contributed by atoms with E-state index in [0.717, 1.165) is 5.56 Å². The van der Waals surface area contributed by atoms with Crippen molar-refractivity contribution in [3.8, 4) is 0 Å². The first kappa shape index (κ1) is 26.0. The molecule has 1 aliphatic heterocycles. The Morgan fingerprint density at radius 2 is 1.94 bits per heavy atom. The highest BCUT2D eigenvalue weighted by atomic mass is 31.2. The molecule has 3 atom stereocenters. The van der Waals surface area contributed by atoms with Crippen LogP contribution in [0.2, 0.25) is 0 Å². The summed E-state index contributed by atoms with van der Waals surface area (Å²) in [6, 6.07) is 8.56. The standard InChI is InChI=1S/C21H31N2O8P/c1-15(20(26)29-13-11-16-8-6-5-7-9-16)23-32(27)30-14-21(2,3)18(31-32)19(25)22-12-10-17(24)28-4/h5-9,15,18H,10-14H2,1-4H3,(H,22,25)(H,23,27)/t15?,18-,32?/m0/s1. The Bertz CT molecular complexity index is 845. The predicted octanol–water partition coefficient (Wildman–Crippen LogP) is 1.98. The van der Waals surface area contributed by atoms with Gasteiger partial charge in [0.2, 0.25) is 5.91 Å². The maximum atomic E-state index is 13.1. The van der Waals surface area contributed by atoms with Crippen LogP contribution >= 0.6 is 7.75 Å². The van der Waals surface area contributed by atoms with Gasteiger partial charge in [0.1, 0.15) is 6.04 Å². The number of ether oxygens (including phenoxy) is 2. The van der Waals surface area contributed by atoms with Gasteiger partial charge in [0, 0.05) is 18.4 Å². The average molecular weight is 470 g/mol. The molecule has 178 valence electrons. The molecule has 0 radical (unpaired) electrons. The summed E-state index contributed by atoms with van der Waals surface area (Å²) in [5.74, 6) is -1.63. The van der Waals surface area contributed by atoms with Crippen molar-refractivity contribution in [1.29, 1.82) is 0 Å². The molecule has 0 saturated carbocycles. The first-order valence-corrected chi connectivity index (χ1v) is 11.9. The van der Waals surface area contributed by atoms with Crippen molar-refractivity contribution in [2.75, 3.05) is 26.9 Å². The molecule has 2 N–H and O–H groups in total. The molecule has 1 heterocycles.